The fraction of sp³-hybridized carbons (Fsp3) is 0.482. The fourth-order valence-electron chi connectivity index (χ4n) is 9.23. The van der Waals surface area contributed by atoms with Crippen LogP contribution in [0.3, 0.4) is 0 Å². The third-order valence-corrected chi connectivity index (χ3v) is 14.5. The molecule has 28 heteroatoms. The normalized spacial score (nSPS) is 15.4. The number of amides is 9. The molecule has 27 nitrogen and oxygen atoms in total. The van der Waals surface area contributed by atoms with Crippen LogP contribution in [0.1, 0.15) is 95.2 Å². The number of hydrogen-bond acceptors (Lipinski definition) is 15. The Hall–Kier alpha value is -8.28. The van der Waals surface area contributed by atoms with Crippen molar-refractivity contribution in [2.75, 3.05) is 19.6 Å². The number of aromatic hydroxyl groups is 3. The number of phenolic OH excluding ortho intramolecular Hbond substituents is 3. The fourth-order valence-corrected chi connectivity index (χ4v) is 9.81. The van der Waals surface area contributed by atoms with Gasteiger partial charge in [0.2, 0.25) is 53.2 Å². The van der Waals surface area contributed by atoms with Gasteiger partial charge in [-0.05, 0) is 140 Å². The number of nitrogens with one attached hydrogen (secondary N) is 7. The van der Waals surface area contributed by atoms with E-state index in [0.717, 1.165) is 0 Å². The number of nitrogens with zero attached hydrogens (tertiary/aromatic N) is 2. The van der Waals surface area contributed by atoms with Crippen LogP contribution in [-0.4, -0.2) is 158 Å². The lowest BCUT2D eigenvalue weighted by molar-refractivity contribution is -0.141. The Labute approximate surface area is 499 Å². The quantitative estimate of drug-likeness (QED) is 0.0151. The lowest BCUT2D eigenvalue weighted by Crippen LogP contribution is -2.61. The zero-order valence-electron chi connectivity index (χ0n) is 47.1. The second-order valence-corrected chi connectivity index (χ2v) is 22.1. The maximum absolute atomic E-state index is 14.6. The van der Waals surface area contributed by atoms with Crippen molar-refractivity contribution < 1.29 is 68.4 Å². The van der Waals surface area contributed by atoms with Gasteiger partial charge in [0.25, 0.3) is 0 Å². The van der Waals surface area contributed by atoms with Gasteiger partial charge in [-0.15, -0.1) is 0 Å². The minimum Gasteiger partial charge on any atom is -0.508 e. The number of primary amides is 1. The first kappa shape index (κ1) is 68.2. The number of unbranched alkanes of at least 4 members (excludes halogenated alkanes) is 1. The molecule has 9 amide bonds. The van der Waals surface area contributed by atoms with E-state index in [0.29, 0.717) is 52.5 Å². The predicted molar refractivity (Wildman–Crippen MR) is 316 cm³/mol. The van der Waals surface area contributed by atoms with Gasteiger partial charge in [-0.3, -0.25) is 52.9 Å². The van der Waals surface area contributed by atoms with Gasteiger partial charge in [0.1, 0.15) is 65.6 Å². The molecule has 0 unspecified atom stereocenters. The van der Waals surface area contributed by atoms with Gasteiger partial charge in [0.05, 0.1) is 9.99 Å². The van der Waals surface area contributed by atoms with Crippen molar-refractivity contribution in [2.45, 2.75) is 146 Å². The Kier molecular flexibility index (Phi) is 27.4. The number of benzene rings is 3. The number of rotatable bonds is 33. The summed E-state index contributed by atoms with van der Waals surface area (Å²) in [5.74, 6) is -9.84. The molecule has 1 heterocycles. The average Bonchev–Trinajstić information content (AvgIpc) is 4.13. The monoisotopic (exact) mass is 1280 g/mol. The highest BCUT2D eigenvalue weighted by Crippen LogP contribution is 2.22. The molecule has 1 saturated heterocycles. The van der Waals surface area contributed by atoms with Crippen molar-refractivity contribution in [1.29, 1.82) is 0 Å². The minimum atomic E-state index is -1.93. The first-order valence-electron chi connectivity index (χ1n) is 27.4. The molecule has 19 N–H and O–H groups in total. The maximum atomic E-state index is 14.6. The highest BCUT2D eigenvalue weighted by atomic mass is 127. The van der Waals surface area contributed by atoms with E-state index in [4.69, 9.17) is 22.9 Å². The number of aliphatic imine (C=N–C) groups is 1. The van der Waals surface area contributed by atoms with Crippen molar-refractivity contribution in [3.05, 3.63) is 87.0 Å². The summed E-state index contributed by atoms with van der Waals surface area (Å²) in [6.07, 6.45) is 0.174. The average molecular weight is 1280 g/mol. The summed E-state index contributed by atoms with van der Waals surface area (Å²) in [7, 11) is 0. The van der Waals surface area contributed by atoms with Gasteiger partial charge in [0.15, 0.2) is 5.96 Å². The van der Waals surface area contributed by atoms with Gasteiger partial charge in [-0.25, -0.2) is 0 Å². The molecule has 0 spiro atoms. The van der Waals surface area contributed by atoms with Crippen molar-refractivity contribution in [3.63, 3.8) is 0 Å². The number of likely N-dealkylation sites (tertiary alicyclic amines) is 1. The molecule has 84 heavy (non-hydrogen) atoms. The Morgan fingerprint density at radius 2 is 1.06 bits per heavy atom. The summed E-state index contributed by atoms with van der Waals surface area (Å²) < 4.78 is 0.449. The van der Waals surface area contributed by atoms with Crippen LogP contribution in [0.25, 0.3) is 0 Å². The number of carboxylic acid groups (broad SMARTS) is 1. The van der Waals surface area contributed by atoms with Gasteiger partial charge < -0.3 is 85.5 Å². The van der Waals surface area contributed by atoms with Gasteiger partial charge in [-0.2, -0.15) is 0 Å². The standard InChI is InChI=1S/C56H78IN13O14/c1-30(2)24-41(66-50(79)38(8-4-5-21-58)63-49(78)39(9-6-22-62-56(60)61)64-55(84)45-10-7-23-70(45)31(3)71)51(80)67-43(27-33-13-18-36(73)19-14-33)53(82)69-44(29-47(75)76)54(83)68-42(26-32-11-16-35(72)17-12-32)52(81)65-40(48(59)77)28-34-15-20-46(74)37(57)25-34/h11-20,25,30,38-45,72-74H,4-10,21-24,26-29,58H2,1-3H3,(H2,59,77)(H,63,78)(H,64,84)(H,65,81)(H,66,79)(H,67,80)(H,68,83)(H,69,82)(H,75,76)(H4,60,61,62)/t38-,39-,40-,41-,42-,43-,44-,45-/m0/s1. The lowest BCUT2D eigenvalue weighted by atomic mass is 9.99. The molecular weight excluding hydrogens is 1210 g/mol. The molecule has 458 valence electrons. The van der Waals surface area contributed by atoms with Crippen molar-refractivity contribution >= 4 is 87.7 Å². The molecule has 1 aliphatic rings. The molecule has 4 rings (SSSR count). The van der Waals surface area contributed by atoms with Gasteiger partial charge >= 0.3 is 5.97 Å². The molecule has 1 fully saturated rings. The van der Waals surface area contributed by atoms with Gasteiger partial charge in [0, 0.05) is 39.3 Å². The van der Waals surface area contributed by atoms with Gasteiger partial charge in [-0.1, -0.05) is 44.2 Å². The van der Waals surface area contributed by atoms with Crippen LogP contribution in [0, 0.1) is 9.49 Å². The highest BCUT2D eigenvalue weighted by molar-refractivity contribution is 14.1. The van der Waals surface area contributed by atoms with Crippen molar-refractivity contribution in [3.8, 4) is 17.2 Å². The second kappa shape index (κ2) is 33.7. The highest BCUT2D eigenvalue weighted by Gasteiger charge is 2.37. The number of aliphatic carboxylic acids is 1. The largest absolute Gasteiger partial charge is 0.508 e. The number of nitrogens with two attached hydrogens (primary N) is 4. The summed E-state index contributed by atoms with van der Waals surface area (Å²) in [6.45, 7) is 5.55. The first-order chi connectivity index (χ1) is 39.7. The van der Waals surface area contributed by atoms with Crippen LogP contribution in [-0.2, 0) is 67.2 Å². The van der Waals surface area contributed by atoms with Crippen LogP contribution in [0.2, 0.25) is 0 Å². The molecule has 3 aromatic carbocycles. The Balaban J connectivity index is 1.63. The van der Waals surface area contributed by atoms with E-state index in [1.165, 1.54) is 72.5 Å². The number of carboxylic acids is 1. The third kappa shape index (κ3) is 22.8. The molecule has 0 radical (unpaired) electrons. The maximum Gasteiger partial charge on any atom is 0.305 e. The van der Waals surface area contributed by atoms with Crippen LogP contribution in [0.4, 0.5) is 0 Å². The molecule has 0 aromatic heterocycles. The number of phenols is 3. The van der Waals surface area contributed by atoms with Crippen LogP contribution < -0.4 is 60.2 Å². The number of carbonyl (C=O) groups excluding carboxylic acids is 9. The van der Waals surface area contributed by atoms with E-state index >= 15 is 0 Å². The minimum absolute atomic E-state index is 0.0197. The number of guanidine groups is 1. The van der Waals surface area contributed by atoms with E-state index in [2.05, 4.69) is 42.2 Å². The molecule has 1 aliphatic heterocycles. The molecule has 0 bridgehead atoms. The van der Waals surface area contributed by atoms with Crippen molar-refractivity contribution in [1.82, 2.24) is 42.1 Å². The summed E-state index contributed by atoms with van der Waals surface area (Å²) in [6, 6.07) is 4.34. The summed E-state index contributed by atoms with van der Waals surface area (Å²) in [5, 5.41) is 58.3. The van der Waals surface area contributed by atoms with E-state index in [-0.39, 0.29) is 93.1 Å². The van der Waals surface area contributed by atoms with Crippen LogP contribution >= 0.6 is 22.6 Å². The smallest absolute Gasteiger partial charge is 0.305 e. The summed E-state index contributed by atoms with van der Waals surface area (Å²) in [5.41, 5.74) is 23.8. The molecule has 8 atom stereocenters. The SMILES string of the molecule is CC(=O)N1CCC[C@H]1C(=O)N[C@@H](CCCN=C(N)N)C(=O)N[C@@H](CCCCN)C(=O)N[C@@H](CC(C)C)C(=O)N[C@@H](Cc1ccc(O)cc1)C(=O)N[C@@H](CC(=O)O)C(=O)N[C@@H](Cc1ccc(O)cc1)C(=O)N[C@@H](Cc1ccc(O)c(I)c1)C(N)=O. The number of hydrogen-bond donors (Lipinski definition) is 15. The van der Waals surface area contributed by atoms with Crippen LogP contribution in [0.5, 0.6) is 17.2 Å². The molecular formula is C56H78IN13O14. The Morgan fingerprint density at radius 3 is 1.56 bits per heavy atom. The van der Waals surface area contributed by atoms with E-state index in [1.807, 2.05) is 22.6 Å². The summed E-state index contributed by atoms with van der Waals surface area (Å²) >= 11 is 1.88. The second-order valence-electron chi connectivity index (χ2n) is 20.9. The number of carbonyl (C=O) groups is 10. The number of halogens is 1. The Bertz CT molecular complexity index is 2820. The lowest BCUT2D eigenvalue weighted by Gasteiger charge is -2.29. The van der Waals surface area contributed by atoms with E-state index < -0.39 is 108 Å². The molecule has 0 saturated carbocycles. The Morgan fingerprint density at radius 1 is 0.607 bits per heavy atom. The van der Waals surface area contributed by atoms with E-state index in [1.54, 1.807) is 19.9 Å². The molecule has 0 aliphatic carbocycles. The predicted octanol–water partition coefficient (Wildman–Crippen LogP) is -0.971. The topological polar surface area (TPSA) is 456 Å². The molecule has 3 aromatic rings. The first-order valence-corrected chi connectivity index (χ1v) is 28.5. The van der Waals surface area contributed by atoms with Crippen LogP contribution in [0.15, 0.2) is 71.7 Å². The third-order valence-electron chi connectivity index (χ3n) is 13.6. The zero-order chi connectivity index (χ0) is 62.2. The van der Waals surface area contributed by atoms with Crippen molar-refractivity contribution in [2.24, 2.45) is 33.8 Å². The zero-order valence-corrected chi connectivity index (χ0v) is 49.3. The summed E-state index contributed by atoms with van der Waals surface area (Å²) in [4.78, 5) is 143. The van der Waals surface area contributed by atoms with E-state index in [9.17, 15) is 68.4 Å².